The number of para-hydroxylation sites is 1. The zero-order valence-corrected chi connectivity index (χ0v) is 27.0. The van der Waals surface area contributed by atoms with Gasteiger partial charge in [0.2, 0.25) is 5.91 Å². The SMILES string of the molecule is COC(=O)Oc1cccc2c(=O)n(-c3ccc(C(=O)N[C@@H](C(=O)N[C@@H]4C(=O)N5C(C(=O)O)=C(Cl)CSC45)c4ccccc4)c(O)c3)c(=O)oc12. The molecule has 1 unspecified atom stereocenters. The molecule has 1 saturated heterocycles. The molecule has 0 aliphatic carbocycles. The third kappa shape index (κ3) is 6.03. The van der Waals surface area contributed by atoms with E-state index in [0.29, 0.717) is 10.1 Å². The number of phenolic OH excluding ortho intramolecular Hbond substituents is 1. The van der Waals surface area contributed by atoms with Crippen LogP contribution in [0.2, 0.25) is 0 Å². The molecule has 2 aliphatic heterocycles. The number of ether oxygens (including phenoxy) is 2. The largest absolute Gasteiger partial charge is 0.513 e. The van der Waals surface area contributed by atoms with E-state index in [0.717, 1.165) is 35.9 Å². The van der Waals surface area contributed by atoms with Gasteiger partial charge in [-0.3, -0.25) is 24.1 Å². The van der Waals surface area contributed by atoms with Gasteiger partial charge in [-0.2, -0.15) is 0 Å². The van der Waals surface area contributed by atoms with E-state index in [-0.39, 0.29) is 44.5 Å². The molecule has 3 atom stereocenters. The maximum Gasteiger partial charge on any atom is 0.513 e. The van der Waals surface area contributed by atoms with Crippen molar-refractivity contribution in [3.05, 3.63) is 109 Å². The van der Waals surface area contributed by atoms with Crippen molar-refractivity contribution in [2.24, 2.45) is 0 Å². The lowest BCUT2D eigenvalue weighted by Gasteiger charge is -2.49. The molecule has 0 saturated carbocycles. The van der Waals surface area contributed by atoms with Gasteiger partial charge in [0, 0.05) is 11.8 Å². The van der Waals surface area contributed by atoms with Gasteiger partial charge in [0.15, 0.2) is 11.3 Å². The summed E-state index contributed by atoms with van der Waals surface area (Å²) in [6.45, 7) is 0. The van der Waals surface area contributed by atoms with Gasteiger partial charge in [0.25, 0.3) is 17.4 Å². The van der Waals surface area contributed by atoms with E-state index in [4.69, 9.17) is 20.8 Å². The first-order chi connectivity index (χ1) is 23.9. The zero-order valence-electron chi connectivity index (χ0n) is 25.4. The first-order valence-corrected chi connectivity index (χ1v) is 15.8. The van der Waals surface area contributed by atoms with Crippen molar-refractivity contribution in [3.8, 4) is 17.2 Å². The summed E-state index contributed by atoms with van der Waals surface area (Å²) >= 11 is 7.19. The van der Waals surface area contributed by atoms with Gasteiger partial charge in [0.05, 0.1) is 28.8 Å². The topological polar surface area (TPSA) is 224 Å². The number of carboxylic acid groups (broad SMARTS) is 1. The number of carboxylic acids is 1. The van der Waals surface area contributed by atoms with Crippen LogP contribution >= 0.6 is 23.4 Å². The van der Waals surface area contributed by atoms with Crippen LogP contribution in [-0.2, 0) is 19.1 Å². The summed E-state index contributed by atoms with van der Waals surface area (Å²) in [6, 6.07) is 12.8. The van der Waals surface area contributed by atoms with Crippen molar-refractivity contribution >= 4 is 64.2 Å². The fourth-order valence-corrected chi connectivity index (χ4v) is 6.93. The highest BCUT2D eigenvalue weighted by atomic mass is 35.5. The van der Waals surface area contributed by atoms with Crippen LogP contribution in [-0.4, -0.2) is 73.8 Å². The van der Waals surface area contributed by atoms with E-state index >= 15 is 0 Å². The molecule has 2 aliphatic rings. The molecule has 50 heavy (non-hydrogen) atoms. The normalized spacial score (nSPS) is 17.3. The van der Waals surface area contributed by atoms with Crippen molar-refractivity contribution in [3.63, 3.8) is 0 Å². The molecule has 6 rings (SSSR count). The number of nitrogens with one attached hydrogen (secondary N) is 2. The predicted molar refractivity (Wildman–Crippen MR) is 175 cm³/mol. The van der Waals surface area contributed by atoms with Crippen molar-refractivity contribution in [1.82, 2.24) is 20.1 Å². The molecule has 1 aromatic heterocycles. The predicted octanol–water partition coefficient (Wildman–Crippen LogP) is 2.20. The van der Waals surface area contributed by atoms with E-state index in [1.165, 1.54) is 24.3 Å². The van der Waals surface area contributed by atoms with E-state index in [1.807, 2.05) is 0 Å². The number of carbonyl (C=O) groups is 5. The zero-order chi connectivity index (χ0) is 35.9. The lowest BCUT2D eigenvalue weighted by Crippen LogP contribution is -2.71. The molecular weight excluding hydrogens is 700 g/mol. The average molecular weight is 723 g/mol. The molecule has 3 aromatic carbocycles. The number of hydrogen-bond donors (Lipinski definition) is 4. The molecule has 256 valence electrons. The molecular formula is C32H23ClN4O12S. The summed E-state index contributed by atoms with van der Waals surface area (Å²) < 4.78 is 15.2. The molecule has 16 nitrogen and oxygen atoms in total. The molecule has 4 aromatic rings. The van der Waals surface area contributed by atoms with Crippen LogP contribution in [0.25, 0.3) is 16.7 Å². The Kier molecular flexibility index (Phi) is 9.09. The van der Waals surface area contributed by atoms with E-state index in [1.54, 1.807) is 30.3 Å². The minimum atomic E-state index is -1.38. The second-order valence-electron chi connectivity index (χ2n) is 10.7. The quantitative estimate of drug-likeness (QED) is 0.116. The molecule has 4 N–H and O–H groups in total. The summed E-state index contributed by atoms with van der Waals surface area (Å²) in [4.78, 5) is 90.5. The van der Waals surface area contributed by atoms with Gasteiger partial charge in [-0.15, -0.1) is 11.8 Å². The minimum absolute atomic E-state index is 0.0112. The Hall–Kier alpha value is -6.07. The number of β-lactam (4-membered cyclic amide) rings is 1. The number of aromatic nitrogens is 1. The summed E-state index contributed by atoms with van der Waals surface area (Å²) in [7, 11) is 1.07. The third-order valence-corrected chi connectivity index (χ3v) is 9.47. The highest BCUT2D eigenvalue weighted by Gasteiger charge is 2.54. The number of carbonyl (C=O) groups excluding carboxylic acids is 4. The van der Waals surface area contributed by atoms with Crippen molar-refractivity contribution in [1.29, 1.82) is 0 Å². The van der Waals surface area contributed by atoms with Gasteiger partial charge in [0.1, 0.15) is 28.9 Å². The first-order valence-electron chi connectivity index (χ1n) is 14.4. The van der Waals surface area contributed by atoms with Gasteiger partial charge in [-0.1, -0.05) is 48.0 Å². The third-order valence-electron chi connectivity index (χ3n) is 7.72. The average Bonchev–Trinajstić information content (AvgIpc) is 3.09. The number of rotatable bonds is 8. The fraction of sp³-hybridized carbons (Fsp3) is 0.156. The fourth-order valence-electron chi connectivity index (χ4n) is 5.38. The van der Waals surface area contributed by atoms with E-state index in [2.05, 4.69) is 15.4 Å². The summed E-state index contributed by atoms with van der Waals surface area (Å²) in [6.07, 6.45) is -1.11. The molecule has 3 amide bonds. The number of aromatic hydroxyl groups is 1. The standard InChI is InChI=1S/C32H23ClN4O12S/c1-47-32(46)48-20-9-5-8-17-24(20)49-31(45)36(27(17)41)15-10-11-16(19(38)12-15)25(39)34-21(14-6-3-2-4-7-14)26(40)35-22-28(42)37-23(30(43)44)18(33)13-50-29(22)37/h2-12,21-22,29,38H,13H2,1H3,(H,34,39)(H,35,40)(H,43,44)/t21-,22-,29?/m1/s1. The molecule has 1 fully saturated rings. The molecule has 3 heterocycles. The van der Waals surface area contributed by atoms with Crippen molar-refractivity contribution in [2.75, 3.05) is 12.9 Å². The Morgan fingerprint density at radius 2 is 1.78 bits per heavy atom. The van der Waals surface area contributed by atoms with Crippen LogP contribution in [0.4, 0.5) is 4.79 Å². The Morgan fingerprint density at radius 3 is 2.46 bits per heavy atom. The number of phenols is 1. The monoisotopic (exact) mass is 722 g/mol. The smallest absolute Gasteiger partial charge is 0.507 e. The highest BCUT2D eigenvalue weighted by molar-refractivity contribution is 8.00. The maximum absolute atomic E-state index is 13.6. The number of nitrogens with zero attached hydrogens (tertiary/aromatic N) is 2. The Bertz CT molecular complexity index is 2250. The molecule has 0 bridgehead atoms. The number of fused-ring (bicyclic) bond motifs is 2. The number of benzene rings is 3. The lowest BCUT2D eigenvalue weighted by molar-refractivity contribution is -0.150. The second-order valence-corrected chi connectivity index (χ2v) is 12.2. The first kappa shape index (κ1) is 33.8. The van der Waals surface area contributed by atoms with Gasteiger partial charge in [-0.05, 0) is 29.8 Å². The summed E-state index contributed by atoms with van der Waals surface area (Å²) in [5, 5.41) is 24.6. The van der Waals surface area contributed by atoms with Crippen LogP contribution in [0.5, 0.6) is 11.5 Å². The number of amides is 3. The van der Waals surface area contributed by atoms with Gasteiger partial charge >= 0.3 is 17.9 Å². The van der Waals surface area contributed by atoms with Gasteiger partial charge < -0.3 is 34.7 Å². The minimum Gasteiger partial charge on any atom is -0.507 e. The van der Waals surface area contributed by atoms with Crippen LogP contribution in [0.15, 0.2) is 91.5 Å². The van der Waals surface area contributed by atoms with E-state index in [9.17, 15) is 43.8 Å². The number of methoxy groups -OCH3 is 1. The summed E-state index contributed by atoms with van der Waals surface area (Å²) in [5.41, 5.74) is -1.77. The van der Waals surface area contributed by atoms with Crippen LogP contribution in [0.3, 0.4) is 0 Å². The van der Waals surface area contributed by atoms with Gasteiger partial charge in [-0.25, -0.2) is 19.0 Å². The number of thioether (sulfide) groups is 1. The highest BCUT2D eigenvalue weighted by Crippen LogP contribution is 2.41. The van der Waals surface area contributed by atoms with E-state index < -0.39 is 64.4 Å². The Balaban J connectivity index is 1.25. The van der Waals surface area contributed by atoms with Crippen LogP contribution in [0.1, 0.15) is 22.0 Å². The number of halogens is 1. The summed E-state index contributed by atoms with van der Waals surface area (Å²) in [5.74, 6) is -5.82. The number of aliphatic carboxylic acids is 1. The lowest BCUT2D eigenvalue weighted by atomic mass is 10.0. The Morgan fingerprint density at radius 1 is 1.04 bits per heavy atom. The van der Waals surface area contributed by atoms with Crippen molar-refractivity contribution in [2.45, 2.75) is 17.5 Å². The Labute approximate surface area is 288 Å². The second kappa shape index (κ2) is 13.4. The number of hydrogen-bond acceptors (Lipinski definition) is 12. The maximum atomic E-state index is 13.6. The molecule has 0 spiro atoms. The van der Waals surface area contributed by atoms with Crippen LogP contribution in [0, 0.1) is 0 Å². The molecule has 0 radical (unpaired) electrons. The molecule has 18 heteroatoms. The van der Waals surface area contributed by atoms with Crippen LogP contribution < -0.4 is 26.7 Å². The van der Waals surface area contributed by atoms with Crippen molar-refractivity contribution < 1.29 is 48.1 Å².